The molecule has 0 saturated carbocycles. The van der Waals surface area contributed by atoms with E-state index in [1.54, 1.807) is 0 Å². The van der Waals surface area contributed by atoms with Gasteiger partial charge in [0.1, 0.15) is 0 Å². The second-order valence-corrected chi connectivity index (χ2v) is 3.10. The summed E-state index contributed by atoms with van der Waals surface area (Å²) in [5.74, 6) is 0. The molecular formula is C9H17N3O. The summed E-state index contributed by atoms with van der Waals surface area (Å²) in [5.41, 5.74) is 7.48. The third-order valence-corrected chi connectivity index (χ3v) is 1.84. The van der Waals surface area contributed by atoms with Crippen LogP contribution in [-0.2, 0) is 18.4 Å². The molecule has 0 saturated heterocycles. The summed E-state index contributed by atoms with van der Waals surface area (Å²) in [7, 11) is 1.93. The van der Waals surface area contributed by atoms with E-state index in [1.807, 2.05) is 24.7 Å². The van der Waals surface area contributed by atoms with Crippen LogP contribution in [0.15, 0.2) is 6.07 Å². The van der Waals surface area contributed by atoms with E-state index in [9.17, 15) is 0 Å². The van der Waals surface area contributed by atoms with Gasteiger partial charge in [0.2, 0.25) is 0 Å². The maximum absolute atomic E-state index is 5.41. The van der Waals surface area contributed by atoms with Gasteiger partial charge in [0.05, 0.1) is 18.0 Å². The minimum atomic E-state index is 0.622. The lowest BCUT2D eigenvalue weighted by Crippen LogP contribution is -2.06. The predicted octanol–water partition coefficient (Wildman–Crippen LogP) is 0.594. The molecule has 0 atom stereocenters. The molecule has 0 aliphatic carbocycles. The maximum atomic E-state index is 5.41. The van der Waals surface area contributed by atoms with Gasteiger partial charge in [-0.05, 0) is 26.0 Å². The van der Waals surface area contributed by atoms with Crippen molar-refractivity contribution >= 4 is 0 Å². The Bertz CT molecular complexity index is 257. The number of aromatic nitrogens is 2. The first-order valence-corrected chi connectivity index (χ1v) is 4.51. The quantitative estimate of drug-likeness (QED) is 0.680. The Kier molecular flexibility index (Phi) is 3.92. The molecule has 0 spiro atoms. The van der Waals surface area contributed by atoms with E-state index in [-0.39, 0.29) is 0 Å². The molecule has 0 unspecified atom stereocenters. The molecule has 74 valence electrons. The van der Waals surface area contributed by atoms with E-state index < -0.39 is 0 Å². The molecule has 0 bridgehead atoms. The maximum Gasteiger partial charge on any atom is 0.0884 e. The Morgan fingerprint density at radius 2 is 2.38 bits per heavy atom. The van der Waals surface area contributed by atoms with Crippen LogP contribution in [0.2, 0.25) is 0 Å². The van der Waals surface area contributed by atoms with Gasteiger partial charge in [-0.25, -0.2) is 0 Å². The van der Waals surface area contributed by atoms with Crippen molar-refractivity contribution in [3.05, 3.63) is 17.5 Å². The van der Waals surface area contributed by atoms with Crippen molar-refractivity contribution < 1.29 is 4.74 Å². The molecule has 4 heteroatoms. The van der Waals surface area contributed by atoms with E-state index >= 15 is 0 Å². The molecule has 1 aromatic rings. The van der Waals surface area contributed by atoms with E-state index in [4.69, 9.17) is 10.5 Å². The molecule has 0 aliphatic rings. The van der Waals surface area contributed by atoms with Crippen LogP contribution < -0.4 is 5.73 Å². The zero-order chi connectivity index (χ0) is 9.68. The van der Waals surface area contributed by atoms with E-state index in [0.717, 1.165) is 24.4 Å². The van der Waals surface area contributed by atoms with Crippen LogP contribution in [0.5, 0.6) is 0 Å². The largest absolute Gasteiger partial charge is 0.375 e. The molecule has 0 amide bonds. The van der Waals surface area contributed by atoms with Crippen molar-refractivity contribution in [2.24, 2.45) is 12.8 Å². The van der Waals surface area contributed by atoms with Gasteiger partial charge in [-0.3, -0.25) is 4.68 Å². The van der Waals surface area contributed by atoms with Crippen molar-refractivity contribution in [1.29, 1.82) is 0 Å². The minimum absolute atomic E-state index is 0.622. The fourth-order valence-corrected chi connectivity index (χ4v) is 1.16. The summed E-state index contributed by atoms with van der Waals surface area (Å²) in [5, 5.41) is 4.22. The first-order valence-electron chi connectivity index (χ1n) is 4.51. The zero-order valence-electron chi connectivity index (χ0n) is 8.29. The van der Waals surface area contributed by atoms with Crippen LogP contribution in [0.25, 0.3) is 0 Å². The van der Waals surface area contributed by atoms with Gasteiger partial charge in [0.15, 0.2) is 0 Å². The van der Waals surface area contributed by atoms with Gasteiger partial charge in [0, 0.05) is 13.7 Å². The van der Waals surface area contributed by atoms with Gasteiger partial charge < -0.3 is 10.5 Å². The highest BCUT2D eigenvalue weighted by Crippen LogP contribution is 2.03. The number of rotatable bonds is 5. The average Bonchev–Trinajstić information content (AvgIpc) is 2.39. The molecule has 0 radical (unpaired) electrons. The fraction of sp³-hybridized carbons (Fsp3) is 0.667. The normalized spacial score (nSPS) is 10.7. The molecule has 0 aliphatic heterocycles. The van der Waals surface area contributed by atoms with Crippen LogP contribution in [0, 0.1) is 6.92 Å². The first-order chi connectivity index (χ1) is 6.24. The lowest BCUT2D eigenvalue weighted by molar-refractivity contribution is 0.115. The number of hydrogen-bond acceptors (Lipinski definition) is 3. The monoisotopic (exact) mass is 183 g/mol. The van der Waals surface area contributed by atoms with Crippen LogP contribution in [0.4, 0.5) is 0 Å². The lowest BCUT2D eigenvalue weighted by Gasteiger charge is -2.02. The van der Waals surface area contributed by atoms with Crippen molar-refractivity contribution in [2.45, 2.75) is 20.0 Å². The van der Waals surface area contributed by atoms with Crippen LogP contribution in [-0.4, -0.2) is 22.9 Å². The van der Waals surface area contributed by atoms with Crippen molar-refractivity contribution in [1.82, 2.24) is 9.78 Å². The fourth-order valence-electron chi connectivity index (χ4n) is 1.16. The molecule has 0 aromatic carbocycles. The summed E-state index contributed by atoms with van der Waals surface area (Å²) < 4.78 is 7.26. The standard InChI is InChI=1S/C9H17N3O/c1-8-6-9(12(2)11-8)7-13-5-3-4-10/h6H,3-5,7,10H2,1-2H3. The van der Waals surface area contributed by atoms with Gasteiger partial charge in [-0.15, -0.1) is 0 Å². The zero-order valence-corrected chi connectivity index (χ0v) is 8.29. The van der Waals surface area contributed by atoms with Crippen molar-refractivity contribution in [3.63, 3.8) is 0 Å². The van der Waals surface area contributed by atoms with E-state index in [0.29, 0.717) is 13.2 Å². The summed E-state index contributed by atoms with van der Waals surface area (Å²) in [6.45, 7) is 4.01. The third-order valence-electron chi connectivity index (χ3n) is 1.84. The Morgan fingerprint density at radius 1 is 1.62 bits per heavy atom. The summed E-state index contributed by atoms with van der Waals surface area (Å²) >= 11 is 0. The first kappa shape index (κ1) is 10.2. The number of ether oxygens (including phenoxy) is 1. The highest BCUT2D eigenvalue weighted by Gasteiger charge is 2.00. The molecule has 1 aromatic heterocycles. The average molecular weight is 183 g/mol. The Hall–Kier alpha value is -0.870. The second-order valence-electron chi connectivity index (χ2n) is 3.10. The molecular weight excluding hydrogens is 166 g/mol. The predicted molar refractivity (Wildman–Crippen MR) is 51.3 cm³/mol. The summed E-state index contributed by atoms with van der Waals surface area (Å²) in [6, 6.07) is 2.03. The van der Waals surface area contributed by atoms with E-state index in [1.165, 1.54) is 0 Å². The van der Waals surface area contributed by atoms with Gasteiger partial charge >= 0.3 is 0 Å². The SMILES string of the molecule is Cc1cc(COCCCN)n(C)n1. The summed E-state index contributed by atoms with van der Waals surface area (Å²) in [4.78, 5) is 0. The number of hydrogen-bond donors (Lipinski definition) is 1. The number of nitrogens with zero attached hydrogens (tertiary/aromatic N) is 2. The molecule has 0 fully saturated rings. The van der Waals surface area contributed by atoms with Crippen LogP contribution in [0.3, 0.4) is 0 Å². The smallest absolute Gasteiger partial charge is 0.0884 e. The highest BCUT2D eigenvalue weighted by molar-refractivity contribution is 5.07. The molecule has 1 heterocycles. The van der Waals surface area contributed by atoms with Gasteiger partial charge in [0.25, 0.3) is 0 Å². The van der Waals surface area contributed by atoms with Gasteiger partial charge in [-0.1, -0.05) is 0 Å². The highest BCUT2D eigenvalue weighted by atomic mass is 16.5. The number of nitrogens with two attached hydrogens (primary N) is 1. The molecule has 1 rings (SSSR count). The van der Waals surface area contributed by atoms with Crippen molar-refractivity contribution in [2.75, 3.05) is 13.2 Å². The number of aryl methyl sites for hydroxylation is 2. The molecule has 13 heavy (non-hydrogen) atoms. The van der Waals surface area contributed by atoms with E-state index in [2.05, 4.69) is 5.10 Å². The lowest BCUT2D eigenvalue weighted by atomic mass is 10.4. The van der Waals surface area contributed by atoms with Crippen LogP contribution in [0.1, 0.15) is 17.8 Å². The Labute approximate surface area is 78.7 Å². The summed E-state index contributed by atoms with van der Waals surface area (Å²) in [6.07, 6.45) is 0.914. The van der Waals surface area contributed by atoms with Gasteiger partial charge in [-0.2, -0.15) is 5.10 Å². The van der Waals surface area contributed by atoms with Crippen molar-refractivity contribution in [3.8, 4) is 0 Å². The third kappa shape index (κ3) is 3.16. The topological polar surface area (TPSA) is 53.1 Å². The molecule has 2 N–H and O–H groups in total. The second kappa shape index (κ2) is 4.99. The minimum Gasteiger partial charge on any atom is -0.375 e. The van der Waals surface area contributed by atoms with Crippen LogP contribution >= 0.6 is 0 Å². The molecule has 4 nitrogen and oxygen atoms in total. The Balaban J connectivity index is 2.32. The Morgan fingerprint density at radius 3 is 2.92 bits per heavy atom.